The summed E-state index contributed by atoms with van der Waals surface area (Å²) in [5.74, 6) is 0. The Kier molecular flexibility index (Phi) is 5.03. The highest BCUT2D eigenvalue weighted by molar-refractivity contribution is 5.89. The zero-order chi connectivity index (χ0) is 16.1. The fraction of sp³-hybridized carbons (Fsp3) is 0.500. The second-order valence-electron chi connectivity index (χ2n) is 4.94. The average Bonchev–Trinajstić information content (AvgIpc) is 2.52. The van der Waals surface area contributed by atoms with Gasteiger partial charge >= 0.3 is 12.1 Å². The van der Waals surface area contributed by atoms with Gasteiger partial charge in [-0.15, -0.1) is 0 Å². The zero-order valence-electron chi connectivity index (χ0n) is 12.7. The molecule has 0 radical (unpaired) electrons. The van der Waals surface area contributed by atoms with Crippen molar-refractivity contribution in [2.45, 2.75) is 6.92 Å². The van der Waals surface area contributed by atoms with E-state index < -0.39 is 0 Å². The second kappa shape index (κ2) is 6.97. The van der Waals surface area contributed by atoms with Crippen molar-refractivity contribution in [3.8, 4) is 0 Å². The molecule has 8 heteroatoms. The average molecular weight is 308 g/mol. The first kappa shape index (κ1) is 15.9. The van der Waals surface area contributed by atoms with Crippen LogP contribution in [0.15, 0.2) is 23.1 Å². The minimum Gasteiger partial charge on any atom is -0.450 e. The molecular formula is C14H20N4O4. The van der Waals surface area contributed by atoms with Gasteiger partial charge in [0.05, 0.1) is 6.61 Å². The van der Waals surface area contributed by atoms with E-state index in [1.165, 1.54) is 4.57 Å². The van der Waals surface area contributed by atoms with Gasteiger partial charge in [-0.3, -0.25) is 4.79 Å². The Balaban J connectivity index is 1.91. The van der Waals surface area contributed by atoms with Crippen molar-refractivity contribution in [1.29, 1.82) is 0 Å². The van der Waals surface area contributed by atoms with Crippen molar-refractivity contribution in [3.63, 3.8) is 0 Å². The van der Waals surface area contributed by atoms with E-state index in [-0.39, 0.29) is 23.4 Å². The molecule has 1 aromatic heterocycles. The maximum atomic E-state index is 12.2. The van der Waals surface area contributed by atoms with Crippen molar-refractivity contribution >= 4 is 17.8 Å². The SMILES string of the molecule is CCOC(=O)N1CCN(C(=O)Nc2cccn(C)c2=O)CC1. The number of urea groups is 1. The van der Waals surface area contributed by atoms with Crippen LogP contribution in [0.5, 0.6) is 0 Å². The Morgan fingerprint density at radius 2 is 1.86 bits per heavy atom. The number of piperazine rings is 1. The van der Waals surface area contributed by atoms with Crippen LogP contribution in [0.25, 0.3) is 0 Å². The topological polar surface area (TPSA) is 83.9 Å². The predicted octanol–water partition coefficient (Wildman–Crippen LogP) is 0.691. The summed E-state index contributed by atoms with van der Waals surface area (Å²) in [4.78, 5) is 38.8. The Bertz CT molecular complexity index is 605. The molecule has 0 aromatic carbocycles. The number of aromatic nitrogens is 1. The van der Waals surface area contributed by atoms with Crippen molar-refractivity contribution in [1.82, 2.24) is 14.4 Å². The molecule has 120 valence electrons. The standard InChI is InChI=1S/C14H20N4O4/c1-3-22-14(21)18-9-7-17(8-10-18)13(20)15-11-5-4-6-16(2)12(11)19/h4-6H,3,7-10H2,1-2H3,(H,15,20). The Hall–Kier alpha value is -2.51. The first-order valence-electron chi connectivity index (χ1n) is 7.16. The quantitative estimate of drug-likeness (QED) is 0.871. The first-order valence-corrected chi connectivity index (χ1v) is 7.16. The van der Waals surface area contributed by atoms with Gasteiger partial charge in [-0.2, -0.15) is 0 Å². The van der Waals surface area contributed by atoms with Gasteiger partial charge in [0, 0.05) is 39.4 Å². The van der Waals surface area contributed by atoms with E-state index >= 15 is 0 Å². The molecule has 8 nitrogen and oxygen atoms in total. The molecule has 0 saturated carbocycles. The van der Waals surface area contributed by atoms with Gasteiger partial charge in [-0.1, -0.05) is 0 Å². The largest absolute Gasteiger partial charge is 0.450 e. The fourth-order valence-corrected chi connectivity index (χ4v) is 2.19. The lowest BCUT2D eigenvalue weighted by Crippen LogP contribution is -2.52. The molecule has 2 heterocycles. The number of nitrogens with zero attached hydrogens (tertiary/aromatic N) is 3. The van der Waals surface area contributed by atoms with Gasteiger partial charge in [0.15, 0.2) is 0 Å². The fourth-order valence-electron chi connectivity index (χ4n) is 2.19. The third-order valence-corrected chi connectivity index (χ3v) is 3.46. The van der Waals surface area contributed by atoms with E-state index in [1.807, 2.05) is 0 Å². The summed E-state index contributed by atoms with van der Waals surface area (Å²) in [7, 11) is 1.62. The van der Waals surface area contributed by atoms with Gasteiger partial charge in [-0.25, -0.2) is 9.59 Å². The molecule has 22 heavy (non-hydrogen) atoms. The van der Waals surface area contributed by atoms with Crippen LogP contribution in [0.4, 0.5) is 15.3 Å². The van der Waals surface area contributed by atoms with E-state index in [4.69, 9.17) is 4.74 Å². The number of amides is 3. The number of hydrogen-bond acceptors (Lipinski definition) is 4. The van der Waals surface area contributed by atoms with Crippen molar-refractivity contribution in [2.75, 3.05) is 38.1 Å². The highest BCUT2D eigenvalue weighted by atomic mass is 16.6. The molecular weight excluding hydrogens is 288 g/mol. The summed E-state index contributed by atoms with van der Waals surface area (Å²) in [6, 6.07) is 2.91. The lowest BCUT2D eigenvalue weighted by Gasteiger charge is -2.33. The number of nitrogens with one attached hydrogen (secondary N) is 1. The molecule has 1 N–H and O–H groups in total. The molecule has 1 aliphatic rings. The Morgan fingerprint density at radius 1 is 1.23 bits per heavy atom. The highest BCUT2D eigenvalue weighted by Crippen LogP contribution is 2.07. The third-order valence-electron chi connectivity index (χ3n) is 3.46. The van der Waals surface area contributed by atoms with Crippen LogP contribution < -0.4 is 10.9 Å². The van der Waals surface area contributed by atoms with Crippen molar-refractivity contribution in [2.24, 2.45) is 7.05 Å². The smallest absolute Gasteiger partial charge is 0.409 e. The van der Waals surface area contributed by atoms with E-state index in [1.54, 1.807) is 42.1 Å². The van der Waals surface area contributed by atoms with Crippen LogP contribution in [-0.2, 0) is 11.8 Å². The molecule has 1 fully saturated rings. The Morgan fingerprint density at radius 3 is 2.50 bits per heavy atom. The van der Waals surface area contributed by atoms with Crippen LogP contribution in [0.2, 0.25) is 0 Å². The molecule has 0 unspecified atom stereocenters. The van der Waals surface area contributed by atoms with Gasteiger partial charge < -0.3 is 24.4 Å². The number of carbonyl (C=O) groups is 2. The second-order valence-corrected chi connectivity index (χ2v) is 4.94. The molecule has 1 aliphatic heterocycles. The molecule has 0 spiro atoms. The van der Waals surface area contributed by atoms with Gasteiger partial charge in [0.2, 0.25) is 0 Å². The molecule has 1 aromatic rings. The van der Waals surface area contributed by atoms with Crippen LogP contribution in [0, 0.1) is 0 Å². The number of anilines is 1. The maximum Gasteiger partial charge on any atom is 0.409 e. The van der Waals surface area contributed by atoms with Gasteiger partial charge in [0.1, 0.15) is 5.69 Å². The van der Waals surface area contributed by atoms with Crippen molar-refractivity contribution < 1.29 is 14.3 Å². The van der Waals surface area contributed by atoms with Crippen LogP contribution in [0.1, 0.15) is 6.92 Å². The minimum absolute atomic E-state index is 0.239. The van der Waals surface area contributed by atoms with E-state index in [2.05, 4.69) is 5.32 Å². The molecule has 2 rings (SSSR count). The summed E-state index contributed by atoms with van der Waals surface area (Å²) in [6.07, 6.45) is 1.26. The van der Waals surface area contributed by atoms with Crippen molar-refractivity contribution in [3.05, 3.63) is 28.7 Å². The maximum absolute atomic E-state index is 12.2. The highest BCUT2D eigenvalue weighted by Gasteiger charge is 2.25. The van der Waals surface area contributed by atoms with E-state index in [0.29, 0.717) is 32.8 Å². The number of carbonyl (C=O) groups excluding carboxylic acids is 2. The number of pyridine rings is 1. The number of aryl methyl sites for hydroxylation is 1. The number of ether oxygens (including phenoxy) is 1. The van der Waals surface area contributed by atoms with Crippen LogP contribution >= 0.6 is 0 Å². The molecule has 0 aliphatic carbocycles. The Labute approximate surface area is 128 Å². The van der Waals surface area contributed by atoms with E-state index in [9.17, 15) is 14.4 Å². The normalized spacial score (nSPS) is 14.6. The molecule has 0 bridgehead atoms. The number of rotatable bonds is 2. The van der Waals surface area contributed by atoms with Gasteiger partial charge in [0.25, 0.3) is 5.56 Å². The lowest BCUT2D eigenvalue weighted by atomic mass is 10.3. The predicted molar refractivity (Wildman–Crippen MR) is 80.9 cm³/mol. The summed E-state index contributed by atoms with van der Waals surface area (Å²) < 4.78 is 6.32. The summed E-state index contributed by atoms with van der Waals surface area (Å²) in [5, 5.41) is 2.61. The van der Waals surface area contributed by atoms with Gasteiger partial charge in [-0.05, 0) is 19.1 Å². The summed E-state index contributed by atoms with van der Waals surface area (Å²) >= 11 is 0. The zero-order valence-corrected chi connectivity index (χ0v) is 12.7. The van der Waals surface area contributed by atoms with Crippen LogP contribution in [-0.4, -0.2) is 59.3 Å². The minimum atomic E-state index is -0.362. The lowest BCUT2D eigenvalue weighted by molar-refractivity contribution is 0.0868. The van der Waals surface area contributed by atoms with Crippen LogP contribution in [0.3, 0.4) is 0 Å². The summed E-state index contributed by atoms with van der Waals surface area (Å²) in [5.41, 5.74) is -0.0242. The molecule has 1 saturated heterocycles. The first-order chi connectivity index (χ1) is 10.5. The van der Waals surface area contributed by atoms with E-state index in [0.717, 1.165) is 0 Å². The third kappa shape index (κ3) is 3.57. The molecule has 0 atom stereocenters. The summed E-state index contributed by atoms with van der Waals surface area (Å²) in [6.45, 7) is 3.71. The monoisotopic (exact) mass is 308 g/mol. The number of hydrogen-bond donors (Lipinski definition) is 1. The molecule has 3 amide bonds.